The summed E-state index contributed by atoms with van der Waals surface area (Å²) in [5.41, 5.74) is 1.20. The quantitative estimate of drug-likeness (QED) is 0.750. The third-order valence-corrected chi connectivity index (χ3v) is 5.54. The van der Waals surface area contributed by atoms with Crippen LogP contribution in [-0.2, 0) is 11.2 Å². The number of carboxylic acid groups (broad SMARTS) is 1. The minimum Gasteiger partial charge on any atom is -0.496 e. The fourth-order valence-corrected chi connectivity index (χ4v) is 4.38. The number of hydrogen-bond donors (Lipinski definition) is 1. The van der Waals surface area contributed by atoms with E-state index < -0.39 is 11.6 Å². The Balaban J connectivity index is 2.50. The summed E-state index contributed by atoms with van der Waals surface area (Å²) < 4.78 is 22.3. The second-order valence-corrected chi connectivity index (χ2v) is 7.12. The molecule has 3 rings (SSSR count). The lowest BCUT2D eigenvalue weighted by molar-refractivity contribution is -0.136. The van der Waals surface area contributed by atoms with Crippen LogP contribution in [-0.4, -0.2) is 32.4 Å². The number of hydrogen-bond acceptors (Lipinski definition) is 6. The number of rotatable bonds is 6. The molecule has 7 heteroatoms. The van der Waals surface area contributed by atoms with E-state index in [1.807, 2.05) is 6.92 Å². The molecule has 0 amide bonds. The highest BCUT2D eigenvalue weighted by atomic mass is 16.5. The summed E-state index contributed by atoms with van der Waals surface area (Å²) >= 11 is 0. The highest BCUT2D eigenvalue weighted by Gasteiger charge is 2.31. The van der Waals surface area contributed by atoms with Gasteiger partial charge >= 0.3 is 11.6 Å². The van der Waals surface area contributed by atoms with Gasteiger partial charge in [0.25, 0.3) is 0 Å². The van der Waals surface area contributed by atoms with E-state index in [1.54, 1.807) is 7.11 Å². The van der Waals surface area contributed by atoms with Crippen molar-refractivity contribution in [3.05, 3.63) is 27.1 Å². The van der Waals surface area contributed by atoms with Crippen molar-refractivity contribution in [3.8, 4) is 17.2 Å². The van der Waals surface area contributed by atoms with E-state index in [9.17, 15) is 14.7 Å². The summed E-state index contributed by atoms with van der Waals surface area (Å²) in [6.45, 7) is 1.84. The smallest absolute Gasteiger partial charge is 0.340 e. The zero-order chi connectivity index (χ0) is 20.4. The third-order valence-electron chi connectivity index (χ3n) is 5.54. The molecule has 0 atom stereocenters. The van der Waals surface area contributed by atoms with Crippen molar-refractivity contribution in [2.75, 3.05) is 21.3 Å². The number of benzene rings is 1. The normalized spacial score (nSPS) is 14.9. The Hall–Kier alpha value is -2.70. The van der Waals surface area contributed by atoms with Gasteiger partial charge in [-0.3, -0.25) is 4.79 Å². The molecule has 1 aromatic heterocycles. The van der Waals surface area contributed by atoms with Gasteiger partial charge in [-0.1, -0.05) is 19.3 Å². The number of carbonyl (C=O) groups is 1. The summed E-state index contributed by atoms with van der Waals surface area (Å²) in [6.07, 6.45) is 4.60. The van der Waals surface area contributed by atoms with E-state index in [1.165, 1.54) is 14.2 Å². The Kier molecular flexibility index (Phi) is 5.82. The van der Waals surface area contributed by atoms with Crippen LogP contribution in [0, 0.1) is 6.92 Å². The first-order chi connectivity index (χ1) is 13.4. The van der Waals surface area contributed by atoms with Crippen LogP contribution in [0.15, 0.2) is 9.21 Å². The molecule has 0 saturated heterocycles. The summed E-state index contributed by atoms with van der Waals surface area (Å²) in [4.78, 5) is 24.3. The van der Waals surface area contributed by atoms with Crippen molar-refractivity contribution in [1.29, 1.82) is 0 Å². The molecular weight excluding hydrogens is 364 g/mol. The first-order valence-corrected chi connectivity index (χ1v) is 9.44. The van der Waals surface area contributed by atoms with Gasteiger partial charge in [-0.25, -0.2) is 4.79 Å². The van der Waals surface area contributed by atoms with Gasteiger partial charge in [-0.05, 0) is 31.2 Å². The Labute approximate surface area is 163 Å². The average molecular weight is 390 g/mol. The number of carboxylic acids is 1. The SMILES string of the molecule is COc1c(C)c(OC)c2c(C3CCCCC3)c(CC(=O)O)c(=O)oc2c1OC. The van der Waals surface area contributed by atoms with Crippen LogP contribution < -0.4 is 19.8 Å². The molecular formula is C21H26O7. The van der Waals surface area contributed by atoms with Crippen molar-refractivity contribution in [3.63, 3.8) is 0 Å². The molecule has 1 saturated carbocycles. The molecule has 7 nitrogen and oxygen atoms in total. The Morgan fingerprint density at radius 1 is 1.04 bits per heavy atom. The van der Waals surface area contributed by atoms with Gasteiger partial charge in [0, 0.05) is 5.56 Å². The molecule has 0 bridgehead atoms. The lowest BCUT2D eigenvalue weighted by Gasteiger charge is -2.27. The third kappa shape index (κ3) is 3.30. The lowest BCUT2D eigenvalue weighted by Crippen LogP contribution is -2.20. The molecule has 1 aliphatic rings. The standard InChI is InChI=1S/C21H26O7/c1-11-17(25-2)16-15(12-8-6-5-7-9-12)13(10-14(22)23)21(24)28-19(16)20(27-4)18(11)26-3/h12H,5-10H2,1-4H3,(H,22,23). The number of aliphatic carboxylic acids is 1. The minimum absolute atomic E-state index is 0.0705. The fraction of sp³-hybridized carbons (Fsp3) is 0.524. The highest BCUT2D eigenvalue weighted by molar-refractivity contribution is 5.96. The second kappa shape index (κ2) is 8.12. The zero-order valence-corrected chi connectivity index (χ0v) is 16.7. The molecule has 1 aromatic carbocycles. The highest BCUT2D eigenvalue weighted by Crippen LogP contribution is 2.49. The first-order valence-electron chi connectivity index (χ1n) is 9.44. The molecule has 152 valence electrons. The van der Waals surface area contributed by atoms with Crippen LogP contribution in [0.5, 0.6) is 17.2 Å². The fourth-order valence-electron chi connectivity index (χ4n) is 4.38. The van der Waals surface area contributed by atoms with Crippen molar-refractivity contribution < 1.29 is 28.5 Å². The van der Waals surface area contributed by atoms with E-state index in [0.717, 1.165) is 32.1 Å². The molecule has 0 radical (unpaired) electrons. The van der Waals surface area contributed by atoms with E-state index in [4.69, 9.17) is 18.6 Å². The predicted molar refractivity (Wildman–Crippen MR) is 104 cm³/mol. The van der Waals surface area contributed by atoms with Crippen LogP contribution >= 0.6 is 0 Å². The maximum Gasteiger partial charge on any atom is 0.340 e. The molecule has 0 spiro atoms. The molecule has 1 heterocycles. The molecule has 28 heavy (non-hydrogen) atoms. The number of methoxy groups -OCH3 is 3. The lowest BCUT2D eigenvalue weighted by atomic mass is 9.80. The molecule has 1 fully saturated rings. The summed E-state index contributed by atoms with van der Waals surface area (Å²) in [6, 6.07) is 0. The summed E-state index contributed by atoms with van der Waals surface area (Å²) in [5, 5.41) is 10.0. The summed E-state index contributed by atoms with van der Waals surface area (Å²) in [5.74, 6) is 0.256. The Morgan fingerprint density at radius 3 is 2.18 bits per heavy atom. The van der Waals surface area contributed by atoms with Gasteiger partial charge in [0.15, 0.2) is 11.3 Å². The van der Waals surface area contributed by atoms with Gasteiger partial charge in [-0.2, -0.15) is 0 Å². The number of ether oxygens (including phenoxy) is 3. The average Bonchev–Trinajstić information content (AvgIpc) is 2.68. The largest absolute Gasteiger partial charge is 0.496 e. The molecule has 0 unspecified atom stereocenters. The van der Waals surface area contributed by atoms with Crippen LogP contribution in [0.3, 0.4) is 0 Å². The topological polar surface area (TPSA) is 95.2 Å². The molecule has 1 aliphatic carbocycles. The van der Waals surface area contributed by atoms with E-state index >= 15 is 0 Å². The Bertz CT molecular complexity index is 952. The summed E-state index contributed by atoms with van der Waals surface area (Å²) in [7, 11) is 4.53. The zero-order valence-electron chi connectivity index (χ0n) is 16.7. The predicted octanol–water partition coefficient (Wildman–Crippen LogP) is 3.80. The van der Waals surface area contributed by atoms with Gasteiger partial charge in [0.2, 0.25) is 5.75 Å². The van der Waals surface area contributed by atoms with Crippen molar-refractivity contribution >= 4 is 16.9 Å². The van der Waals surface area contributed by atoms with Gasteiger partial charge in [-0.15, -0.1) is 0 Å². The van der Waals surface area contributed by atoms with Crippen LogP contribution in [0.4, 0.5) is 0 Å². The molecule has 0 aliphatic heterocycles. The van der Waals surface area contributed by atoms with Gasteiger partial charge < -0.3 is 23.7 Å². The van der Waals surface area contributed by atoms with Crippen LogP contribution in [0.1, 0.15) is 54.7 Å². The molecule has 2 aromatic rings. The van der Waals surface area contributed by atoms with Crippen molar-refractivity contribution in [2.24, 2.45) is 0 Å². The van der Waals surface area contributed by atoms with Crippen molar-refractivity contribution in [2.45, 2.75) is 51.4 Å². The van der Waals surface area contributed by atoms with Gasteiger partial charge in [0.1, 0.15) is 5.75 Å². The van der Waals surface area contributed by atoms with Crippen LogP contribution in [0.25, 0.3) is 11.0 Å². The molecule has 1 N–H and O–H groups in total. The van der Waals surface area contributed by atoms with Crippen molar-refractivity contribution in [1.82, 2.24) is 0 Å². The second-order valence-electron chi connectivity index (χ2n) is 7.12. The van der Waals surface area contributed by atoms with E-state index in [-0.39, 0.29) is 23.5 Å². The maximum atomic E-state index is 12.8. The van der Waals surface area contributed by atoms with Crippen LogP contribution in [0.2, 0.25) is 0 Å². The maximum absolute atomic E-state index is 12.8. The number of fused-ring (bicyclic) bond motifs is 1. The first kappa shape index (κ1) is 20.0. The minimum atomic E-state index is -1.07. The van der Waals surface area contributed by atoms with Gasteiger partial charge in [0.05, 0.1) is 38.7 Å². The monoisotopic (exact) mass is 390 g/mol. The Morgan fingerprint density at radius 2 is 1.64 bits per heavy atom. The van der Waals surface area contributed by atoms with E-state index in [0.29, 0.717) is 33.8 Å². The van der Waals surface area contributed by atoms with E-state index in [2.05, 4.69) is 0 Å².